The van der Waals surface area contributed by atoms with Crippen LogP contribution in [0.1, 0.15) is 74.0 Å². The van der Waals surface area contributed by atoms with Gasteiger partial charge < -0.3 is 7.96 Å². The Kier molecular flexibility index (Phi) is 20.4. The molecule has 0 saturated carbocycles. The van der Waals surface area contributed by atoms with Gasteiger partial charge in [-0.1, -0.05) is 64.7 Å². The maximum Gasteiger partial charge on any atom is 2.00 e. The van der Waals surface area contributed by atoms with Crippen molar-refractivity contribution in [3.8, 4) is 0 Å². The number of carbonyl (C=O) groups is 1. The summed E-state index contributed by atoms with van der Waals surface area (Å²) in [5.74, 6) is 0.572. The fourth-order valence-corrected chi connectivity index (χ4v) is 2.58. The standard InChI is InChI=1S/C14H28O2S.Mg.2H/c1-2-3-4-5-6-7-8-9-10-11-12-17-13-14(15)16;;;/h2-13H2,1H3,(H,15,16);;;/q;+2;2*-1. The van der Waals surface area contributed by atoms with E-state index in [4.69, 9.17) is 5.11 Å². The van der Waals surface area contributed by atoms with E-state index in [9.17, 15) is 4.79 Å². The molecule has 0 fully saturated rings. The number of aliphatic carboxylic acids is 1. The van der Waals surface area contributed by atoms with Crippen molar-refractivity contribution in [2.75, 3.05) is 11.5 Å². The molecule has 0 atom stereocenters. The van der Waals surface area contributed by atoms with Gasteiger partial charge in [-0.2, -0.15) is 11.8 Å². The Morgan fingerprint density at radius 3 is 1.83 bits per heavy atom. The number of rotatable bonds is 13. The Hall–Kier alpha value is 0.586. The van der Waals surface area contributed by atoms with Crippen molar-refractivity contribution in [3.05, 3.63) is 0 Å². The summed E-state index contributed by atoms with van der Waals surface area (Å²) in [6.07, 6.45) is 13.4. The minimum atomic E-state index is -0.693. The van der Waals surface area contributed by atoms with Crippen molar-refractivity contribution >= 4 is 40.8 Å². The second-order valence-corrected chi connectivity index (χ2v) is 5.73. The van der Waals surface area contributed by atoms with E-state index in [-0.39, 0.29) is 31.7 Å². The van der Waals surface area contributed by atoms with E-state index in [2.05, 4.69) is 6.92 Å². The van der Waals surface area contributed by atoms with Crippen LogP contribution >= 0.6 is 11.8 Å². The summed E-state index contributed by atoms with van der Waals surface area (Å²) < 4.78 is 0. The Balaban J connectivity index is -0.000000427. The third kappa shape index (κ3) is 18.9. The topological polar surface area (TPSA) is 37.3 Å². The molecule has 18 heavy (non-hydrogen) atoms. The van der Waals surface area contributed by atoms with E-state index >= 15 is 0 Å². The largest absolute Gasteiger partial charge is 2.00 e. The average molecular weight is 287 g/mol. The fraction of sp³-hybridized carbons (Fsp3) is 0.929. The molecule has 0 radical (unpaired) electrons. The summed E-state index contributed by atoms with van der Waals surface area (Å²) in [5, 5.41) is 8.45. The van der Waals surface area contributed by atoms with E-state index in [1.807, 2.05) is 0 Å². The molecule has 0 unspecified atom stereocenters. The normalized spacial score (nSPS) is 10.1. The van der Waals surface area contributed by atoms with Gasteiger partial charge in [0.2, 0.25) is 0 Å². The third-order valence-corrected chi connectivity index (χ3v) is 3.90. The number of hydrogen-bond donors (Lipinski definition) is 1. The Labute approximate surface area is 136 Å². The third-order valence-electron chi connectivity index (χ3n) is 2.87. The summed E-state index contributed by atoms with van der Waals surface area (Å²) in [4.78, 5) is 10.3. The average Bonchev–Trinajstić information content (AvgIpc) is 2.30. The van der Waals surface area contributed by atoms with Crippen LogP contribution in [0, 0.1) is 0 Å². The summed E-state index contributed by atoms with van der Waals surface area (Å²) in [6.45, 7) is 2.25. The van der Waals surface area contributed by atoms with E-state index in [1.54, 1.807) is 0 Å². The number of hydrogen-bond acceptors (Lipinski definition) is 2. The van der Waals surface area contributed by atoms with Crippen LogP contribution in [0.5, 0.6) is 0 Å². The number of unbranched alkanes of at least 4 members (excludes halogenated alkanes) is 9. The molecule has 0 rings (SSSR count). The smallest absolute Gasteiger partial charge is 1.00 e. The van der Waals surface area contributed by atoms with Crippen LogP contribution in [0.15, 0.2) is 0 Å². The maximum absolute atomic E-state index is 10.3. The van der Waals surface area contributed by atoms with Gasteiger partial charge in [-0.05, 0) is 12.2 Å². The quantitative estimate of drug-likeness (QED) is 0.398. The molecular weight excluding hydrogens is 257 g/mol. The molecule has 0 heterocycles. The zero-order valence-corrected chi connectivity index (χ0v) is 14.2. The summed E-state index contributed by atoms with van der Waals surface area (Å²) >= 11 is 1.54. The van der Waals surface area contributed by atoms with Crippen molar-refractivity contribution in [3.63, 3.8) is 0 Å². The number of carboxylic acids is 1. The van der Waals surface area contributed by atoms with Gasteiger partial charge in [0.25, 0.3) is 0 Å². The van der Waals surface area contributed by atoms with Crippen LogP contribution < -0.4 is 0 Å². The van der Waals surface area contributed by atoms with Crippen LogP contribution in [-0.4, -0.2) is 45.6 Å². The Morgan fingerprint density at radius 2 is 1.39 bits per heavy atom. The van der Waals surface area contributed by atoms with Gasteiger partial charge in [0.05, 0.1) is 5.75 Å². The minimum Gasteiger partial charge on any atom is -1.00 e. The van der Waals surface area contributed by atoms with Gasteiger partial charge in [0.15, 0.2) is 0 Å². The molecule has 0 amide bonds. The first-order chi connectivity index (χ1) is 8.27. The molecule has 1 N–H and O–H groups in total. The fourth-order valence-electron chi connectivity index (χ4n) is 1.85. The summed E-state index contributed by atoms with van der Waals surface area (Å²) in [6, 6.07) is 0. The summed E-state index contributed by atoms with van der Waals surface area (Å²) in [5.41, 5.74) is 0. The zero-order valence-electron chi connectivity index (χ0n) is 14.0. The van der Waals surface area contributed by atoms with Crippen molar-refractivity contribution in [1.29, 1.82) is 0 Å². The maximum atomic E-state index is 10.3. The number of thioether (sulfide) groups is 1. The first-order valence-electron chi connectivity index (χ1n) is 7.07. The van der Waals surface area contributed by atoms with Crippen LogP contribution in [0.3, 0.4) is 0 Å². The molecule has 2 nitrogen and oxygen atoms in total. The van der Waals surface area contributed by atoms with Gasteiger partial charge >= 0.3 is 29.0 Å². The van der Waals surface area contributed by atoms with E-state index in [1.165, 1.54) is 76.0 Å². The van der Waals surface area contributed by atoms with Gasteiger partial charge in [0, 0.05) is 0 Å². The van der Waals surface area contributed by atoms with Crippen LogP contribution in [0.2, 0.25) is 0 Å². The first-order valence-corrected chi connectivity index (χ1v) is 8.22. The molecule has 0 saturated heterocycles. The summed E-state index contributed by atoms with van der Waals surface area (Å²) in [7, 11) is 0. The van der Waals surface area contributed by atoms with Crippen molar-refractivity contribution in [1.82, 2.24) is 0 Å². The van der Waals surface area contributed by atoms with Crippen LogP contribution in [-0.2, 0) is 4.79 Å². The molecule has 0 aliphatic heterocycles. The molecular formula is C14H30MgO2S. The molecule has 0 spiro atoms. The van der Waals surface area contributed by atoms with Gasteiger partial charge in [0.1, 0.15) is 0 Å². The Morgan fingerprint density at radius 1 is 0.944 bits per heavy atom. The Bertz CT molecular complexity index is 187. The van der Waals surface area contributed by atoms with Crippen molar-refractivity contribution < 1.29 is 12.8 Å². The molecule has 0 aliphatic carbocycles. The molecule has 4 heteroatoms. The van der Waals surface area contributed by atoms with Gasteiger partial charge in [-0.3, -0.25) is 4.79 Å². The van der Waals surface area contributed by atoms with E-state index in [0.29, 0.717) is 0 Å². The zero-order chi connectivity index (χ0) is 12.8. The molecule has 0 aromatic rings. The first kappa shape index (κ1) is 20.9. The van der Waals surface area contributed by atoms with Crippen LogP contribution in [0.25, 0.3) is 0 Å². The molecule has 0 aliphatic rings. The molecule has 0 aromatic heterocycles. The van der Waals surface area contributed by atoms with Crippen molar-refractivity contribution in [2.45, 2.75) is 71.1 Å². The minimum absolute atomic E-state index is 0. The monoisotopic (exact) mass is 286 g/mol. The second kappa shape index (κ2) is 17.6. The predicted octanol–water partition coefficient (Wildman–Crippen LogP) is 4.57. The van der Waals surface area contributed by atoms with Crippen LogP contribution in [0.4, 0.5) is 0 Å². The van der Waals surface area contributed by atoms with Crippen molar-refractivity contribution in [2.24, 2.45) is 0 Å². The molecule has 106 valence electrons. The predicted molar refractivity (Wildman–Crippen MR) is 84.8 cm³/mol. The van der Waals surface area contributed by atoms with Gasteiger partial charge in [-0.15, -0.1) is 0 Å². The van der Waals surface area contributed by atoms with Gasteiger partial charge in [-0.25, -0.2) is 0 Å². The molecule has 0 aromatic carbocycles. The second-order valence-electron chi connectivity index (χ2n) is 4.63. The number of carboxylic acid groups (broad SMARTS) is 1. The van der Waals surface area contributed by atoms with E-state index in [0.717, 1.165) is 5.75 Å². The van der Waals surface area contributed by atoms with E-state index < -0.39 is 5.97 Å². The SMILES string of the molecule is CCCCCCCCCCCCSCC(=O)O.[H-].[H-].[Mg+2]. The molecule has 0 bridgehead atoms.